The van der Waals surface area contributed by atoms with Crippen LogP contribution < -0.4 is 20.1 Å². The first-order valence-electron chi connectivity index (χ1n) is 6.51. The first-order chi connectivity index (χ1) is 9.65. The predicted molar refractivity (Wildman–Crippen MR) is 85.7 cm³/mol. The zero-order valence-corrected chi connectivity index (χ0v) is 14.0. The van der Waals surface area contributed by atoms with Crippen molar-refractivity contribution >= 4 is 21.9 Å². The van der Waals surface area contributed by atoms with Gasteiger partial charge in [0.1, 0.15) is 0 Å². The number of hydrogen-bond acceptors (Lipinski definition) is 3. The van der Waals surface area contributed by atoms with Crippen molar-refractivity contribution in [3.8, 4) is 11.5 Å². The maximum absolute atomic E-state index is 5.33. The summed E-state index contributed by atoms with van der Waals surface area (Å²) < 4.78 is 11.5. The van der Waals surface area contributed by atoms with E-state index in [1.165, 1.54) is 0 Å². The standard InChI is InChI=1S/C14H22BrN3O2/c1-5-6-17-14(16-2)18-9-10-7-11(15)13(20-4)12(8-10)19-3/h7-8H,5-6,9H2,1-4H3,(H2,16,17,18). The molecule has 0 bridgehead atoms. The first-order valence-corrected chi connectivity index (χ1v) is 7.30. The van der Waals surface area contributed by atoms with Gasteiger partial charge >= 0.3 is 0 Å². The van der Waals surface area contributed by atoms with E-state index in [9.17, 15) is 0 Å². The van der Waals surface area contributed by atoms with Gasteiger partial charge in [0.05, 0.1) is 18.7 Å². The topological polar surface area (TPSA) is 54.9 Å². The molecule has 0 radical (unpaired) electrons. The van der Waals surface area contributed by atoms with E-state index in [-0.39, 0.29) is 0 Å². The van der Waals surface area contributed by atoms with Gasteiger partial charge in [-0.3, -0.25) is 4.99 Å². The third-order valence-corrected chi connectivity index (χ3v) is 3.31. The van der Waals surface area contributed by atoms with E-state index in [0.717, 1.165) is 29.0 Å². The summed E-state index contributed by atoms with van der Waals surface area (Å²) in [7, 11) is 5.01. The lowest BCUT2D eigenvalue weighted by Gasteiger charge is -2.14. The van der Waals surface area contributed by atoms with Crippen LogP contribution in [-0.4, -0.2) is 33.8 Å². The van der Waals surface area contributed by atoms with Gasteiger partial charge in [0.15, 0.2) is 17.5 Å². The summed E-state index contributed by atoms with van der Waals surface area (Å²) in [5, 5.41) is 6.48. The molecule has 0 saturated carbocycles. The molecule has 0 heterocycles. The van der Waals surface area contributed by atoms with Crippen molar-refractivity contribution in [3.05, 3.63) is 22.2 Å². The van der Waals surface area contributed by atoms with Crippen LogP contribution in [0.1, 0.15) is 18.9 Å². The largest absolute Gasteiger partial charge is 0.493 e. The molecular weight excluding hydrogens is 322 g/mol. The number of methoxy groups -OCH3 is 2. The Bertz CT molecular complexity index is 464. The van der Waals surface area contributed by atoms with Gasteiger partial charge in [0, 0.05) is 20.1 Å². The Morgan fingerprint density at radius 2 is 2.00 bits per heavy atom. The molecule has 1 rings (SSSR count). The SMILES string of the molecule is CCCNC(=NC)NCc1cc(Br)c(OC)c(OC)c1. The maximum Gasteiger partial charge on any atom is 0.191 e. The van der Waals surface area contributed by atoms with Gasteiger partial charge < -0.3 is 20.1 Å². The van der Waals surface area contributed by atoms with Crippen LogP contribution in [0.4, 0.5) is 0 Å². The van der Waals surface area contributed by atoms with E-state index in [0.29, 0.717) is 18.0 Å². The first kappa shape index (κ1) is 16.6. The molecule has 0 fully saturated rings. The highest BCUT2D eigenvalue weighted by atomic mass is 79.9. The molecule has 0 aliphatic heterocycles. The summed E-state index contributed by atoms with van der Waals surface area (Å²) in [6, 6.07) is 3.95. The molecule has 6 heteroatoms. The van der Waals surface area contributed by atoms with Gasteiger partial charge in [-0.2, -0.15) is 0 Å². The van der Waals surface area contributed by atoms with Crippen LogP contribution in [0, 0.1) is 0 Å². The summed E-state index contributed by atoms with van der Waals surface area (Å²) in [4.78, 5) is 4.17. The summed E-state index contributed by atoms with van der Waals surface area (Å²) in [5.41, 5.74) is 1.08. The molecule has 0 spiro atoms. The van der Waals surface area contributed by atoms with Crippen molar-refractivity contribution < 1.29 is 9.47 Å². The second-order valence-electron chi connectivity index (χ2n) is 4.17. The molecule has 20 heavy (non-hydrogen) atoms. The number of ether oxygens (including phenoxy) is 2. The number of guanidine groups is 1. The third kappa shape index (κ3) is 4.59. The molecule has 1 aromatic rings. The van der Waals surface area contributed by atoms with E-state index in [4.69, 9.17) is 9.47 Å². The molecule has 0 aliphatic rings. The molecule has 0 atom stereocenters. The smallest absolute Gasteiger partial charge is 0.191 e. The zero-order valence-electron chi connectivity index (χ0n) is 12.4. The molecule has 1 aromatic carbocycles. The number of halogens is 1. The summed E-state index contributed by atoms with van der Waals surface area (Å²) in [6.45, 7) is 3.67. The van der Waals surface area contributed by atoms with Gasteiger partial charge in [-0.1, -0.05) is 6.92 Å². The van der Waals surface area contributed by atoms with E-state index in [1.807, 2.05) is 12.1 Å². The normalized spacial score (nSPS) is 11.2. The fourth-order valence-corrected chi connectivity index (χ4v) is 2.37. The molecule has 0 amide bonds. The van der Waals surface area contributed by atoms with Gasteiger partial charge in [-0.15, -0.1) is 0 Å². The van der Waals surface area contributed by atoms with Crippen molar-refractivity contribution in [2.24, 2.45) is 4.99 Å². The Morgan fingerprint density at radius 3 is 2.55 bits per heavy atom. The van der Waals surface area contributed by atoms with Crippen molar-refractivity contribution in [2.45, 2.75) is 19.9 Å². The number of aliphatic imine (C=N–C) groups is 1. The number of nitrogens with one attached hydrogen (secondary N) is 2. The van der Waals surface area contributed by atoms with Crippen LogP contribution in [-0.2, 0) is 6.54 Å². The lowest BCUT2D eigenvalue weighted by atomic mass is 10.2. The minimum Gasteiger partial charge on any atom is -0.493 e. The van der Waals surface area contributed by atoms with Crippen molar-refractivity contribution in [1.29, 1.82) is 0 Å². The van der Waals surface area contributed by atoms with Crippen molar-refractivity contribution in [2.75, 3.05) is 27.8 Å². The van der Waals surface area contributed by atoms with Gasteiger partial charge in [-0.25, -0.2) is 0 Å². The quantitative estimate of drug-likeness (QED) is 0.615. The summed E-state index contributed by atoms with van der Waals surface area (Å²) in [6.07, 6.45) is 1.06. The highest BCUT2D eigenvalue weighted by molar-refractivity contribution is 9.10. The minimum absolute atomic E-state index is 0.655. The Kier molecular flexibility index (Phi) is 7.22. The molecule has 2 N–H and O–H groups in total. The number of hydrogen-bond donors (Lipinski definition) is 2. The van der Waals surface area contributed by atoms with E-state index in [2.05, 4.69) is 38.5 Å². The van der Waals surface area contributed by atoms with Crippen LogP contribution in [0.25, 0.3) is 0 Å². The Hall–Kier alpha value is -1.43. The summed E-state index contributed by atoms with van der Waals surface area (Å²) >= 11 is 3.49. The monoisotopic (exact) mass is 343 g/mol. The molecule has 0 saturated heterocycles. The maximum atomic E-state index is 5.33. The average molecular weight is 344 g/mol. The number of benzene rings is 1. The summed E-state index contributed by atoms with van der Waals surface area (Å²) in [5.74, 6) is 2.19. The third-order valence-electron chi connectivity index (χ3n) is 2.72. The van der Waals surface area contributed by atoms with Gasteiger partial charge in [0.25, 0.3) is 0 Å². The Balaban J connectivity index is 2.75. The molecule has 112 valence electrons. The zero-order chi connectivity index (χ0) is 15.0. The predicted octanol–water partition coefficient (Wildman–Crippen LogP) is 2.54. The van der Waals surface area contributed by atoms with Gasteiger partial charge in [0.2, 0.25) is 0 Å². The average Bonchev–Trinajstić information content (AvgIpc) is 2.46. The van der Waals surface area contributed by atoms with E-state index >= 15 is 0 Å². The molecule has 0 aromatic heterocycles. The Morgan fingerprint density at radius 1 is 1.25 bits per heavy atom. The molecule has 0 unspecified atom stereocenters. The van der Waals surface area contributed by atoms with E-state index < -0.39 is 0 Å². The van der Waals surface area contributed by atoms with E-state index in [1.54, 1.807) is 21.3 Å². The minimum atomic E-state index is 0.655. The second kappa shape index (κ2) is 8.68. The lowest BCUT2D eigenvalue weighted by molar-refractivity contribution is 0.352. The second-order valence-corrected chi connectivity index (χ2v) is 5.02. The molecule has 0 aliphatic carbocycles. The molecule has 5 nitrogen and oxygen atoms in total. The fraction of sp³-hybridized carbons (Fsp3) is 0.500. The number of nitrogens with zero attached hydrogens (tertiary/aromatic N) is 1. The van der Waals surface area contributed by atoms with Crippen molar-refractivity contribution in [3.63, 3.8) is 0 Å². The number of rotatable bonds is 6. The van der Waals surface area contributed by atoms with Crippen molar-refractivity contribution in [1.82, 2.24) is 10.6 Å². The van der Waals surface area contributed by atoms with Crippen LogP contribution in [0.3, 0.4) is 0 Å². The molecular formula is C14H22BrN3O2. The van der Waals surface area contributed by atoms with Crippen LogP contribution >= 0.6 is 15.9 Å². The fourth-order valence-electron chi connectivity index (χ4n) is 1.72. The lowest BCUT2D eigenvalue weighted by Crippen LogP contribution is -2.37. The highest BCUT2D eigenvalue weighted by Gasteiger charge is 2.10. The van der Waals surface area contributed by atoms with Gasteiger partial charge in [-0.05, 0) is 40.0 Å². The van der Waals surface area contributed by atoms with Crippen LogP contribution in [0.2, 0.25) is 0 Å². The Labute approximate surface area is 128 Å². The van der Waals surface area contributed by atoms with Crippen LogP contribution in [0.15, 0.2) is 21.6 Å². The van der Waals surface area contributed by atoms with Crippen LogP contribution in [0.5, 0.6) is 11.5 Å². The highest BCUT2D eigenvalue weighted by Crippen LogP contribution is 2.36.